The Labute approximate surface area is 160 Å². The monoisotopic (exact) mass is 395 g/mol. The molecule has 144 valence electrons. The van der Waals surface area contributed by atoms with Crippen molar-refractivity contribution < 1.29 is 13.5 Å². The second-order valence-electron chi connectivity index (χ2n) is 6.60. The standard InChI is InChI=1S/C19H20ClF2N3O2/c1-6-24-18(12-8-13(21)17(27-5)15(22)14(12)20)23-25-10(4)7-11(9(2)3)16(25)19(24)26/h7-9H,6H2,1-5H3. The van der Waals surface area contributed by atoms with E-state index < -0.39 is 17.4 Å². The van der Waals surface area contributed by atoms with Crippen molar-refractivity contribution in [2.75, 3.05) is 7.11 Å². The Morgan fingerprint density at radius 1 is 1.30 bits per heavy atom. The van der Waals surface area contributed by atoms with Crippen LogP contribution in [0.5, 0.6) is 5.75 Å². The van der Waals surface area contributed by atoms with Crippen molar-refractivity contribution in [2.45, 2.75) is 40.2 Å². The molecule has 3 aromatic rings. The molecule has 0 saturated heterocycles. The highest BCUT2D eigenvalue weighted by Crippen LogP contribution is 2.36. The van der Waals surface area contributed by atoms with Crippen molar-refractivity contribution in [3.05, 3.63) is 50.4 Å². The fourth-order valence-electron chi connectivity index (χ4n) is 3.23. The maximum atomic E-state index is 14.4. The Kier molecular flexibility index (Phi) is 4.99. The smallest absolute Gasteiger partial charge is 0.278 e. The van der Waals surface area contributed by atoms with Crippen LogP contribution in [0.25, 0.3) is 16.9 Å². The lowest BCUT2D eigenvalue weighted by molar-refractivity contribution is 0.360. The zero-order chi connectivity index (χ0) is 20.0. The van der Waals surface area contributed by atoms with Crippen LogP contribution in [-0.4, -0.2) is 21.3 Å². The molecule has 0 bridgehead atoms. The molecule has 1 aromatic carbocycles. The average molecular weight is 396 g/mol. The summed E-state index contributed by atoms with van der Waals surface area (Å²) in [5.41, 5.74) is 1.79. The van der Waals surface area contributed by atoms with Crippen LogP contribution in [-0.2, 0) is 6.54 Å². The van der Waals surface area contributed by atoms with E-state index in [1.807, 2.05) is 26.8 Å². The first-order chi connectivity index (χ1) is 12.7. The molecule has 0 fully saturated rings. The van der Waals surface area contributed by atoms with Gasteiger partial charge in [-0.1, -0.05) is 25.4 Å². The van der Waals surface area contributed by atoms with E-state index in [0.717, 1.165) is 24.4 Å². The van der Waals surface area contributed by atoms with Gasteiger partial charge in [-0.05, 0) is 37.5 Å². The van der Waals surface area contributed by atoms with E-state index >= 15 is 0 Å². The topological polar surface area (TPSA) is 48.5 Å². The first kappa shape index (κ1) is 19.4. The van der Waals surface area contributed by atoms with Gasteiger partial charge in [0, 0.05) is 17.8 Å². The van der Waals surface area contributed by atoms with Gasteiger partial charge in [0.25, 0.3) is 5.56 Å². The molecule has 0 aliphatic rings. The third-order valence-corrected chi connectivity index (χ3v) is 4.95. The SMILES string of the molecule is CCn1c(-c2cc(F)c(OC)c(F)c2Cl)nn2c(C)cc(C(C)C)c2c1=O. The van der Waals surface area contributed by atoms with Crippen LogP contribution in [0.4, 0.5) is 8.78 Å². The van der Waals surface area contributed by atoms with Crippen LogP contribution in [0.15, 0.2) is 16.9 Å². The van der Waals surface area contributed by atoms with Crippen LogP contribution in [0, 0.1) is 18.6 Å². The van der Waals surface area contributed by atoms with Crippen molar-refractivity contribution in [1.29, 1.82) is 0 Å². The fraction of sp³-hybridized carbons (Fsp3) is 0.368. The fourth-order valence-corrected chi connectivity index (χ4v) is 3.45. The summed E-state index contributed by atoms with van der Waals surface area (Å²) in [7, 11) is 1.15. The minimum Gasteiger partial charge on any atom is -0.491 e. The molecule has 0 saturated carbocycles. The Morgan fingerprint density at radius 3 is 2.52 bits per heavy atom. The highest BCUT2D eigenvalue weighted by molar-refractivity contribution is 6.33. The summed E-state index contributed by atoms with van der Waals surface area (Å²) in [5, 5.41) is 4.15. The third kappa shape index (κ3) is 2.90. The second kappa shape index (κ2) is 6.96. The van der Waals surface area contributed by atoms with Crippen molar-refractivity contribution in [3.8, 4) is 17.1 Å². The summed E-state index contributed by atoms with van der Waals surface area (Å²) < 4.78 is 36.3. The maximum absolute atomic E-state index is 14.4. The van der Waals surface area contributed by atoms with Crippen LogP contribution in [0.2, 0.25) is 5.02 Å². The summed E-state index contributed by atoms with van der Waals surface area (Å²) in [6, 6.07) is 2.93. The average Bonchev–Trinajstić information content (AvgIpc) is 2.96. The summed E-state index contributed by atoms with van der Waals surface area (Å²) in [6.45, 7) is 7.83. The second-order valence-corrected chi connectivity index (χ2v) is 6.97. The number of aromatic nitrogens is 3. The number of hydrogen-bond acceptors (Lipinski definition) is 3. The number of benzene rings is 1. The van der Waals surface area contributed by atoms with E-state index in [1.165, 1.54) is 9.08 Å². The predicted octanol–water partition coefficient (Wildman–Crippen LogP) is 4.55. The van der Waals surface area contributed by atoms with Crippen molar-refractivity contribution in [3.63, 3.8) is 0 Å². The van der Waals surface area contributed by atoms with E-state index in [9.17, 15) is 13.6 Å². The van der Waals surface area contributed by atoms with Gasteiger partial charge in [-0.2, -0.15) is 0 Å². The molecule has 2 aromatic heterocycles. The van der Waals surface area contributed by atoms with Gasteiger partial charge < -0.3 is 4.74 Å². The molecule has 0 N–H and O–H groups in total. The van der Waals surface area contributed by atoms with Gasteiger partial charge in [-0.3, -0.25) is 9.36 Å². The van der Waals surface area contributed by atoms with Gasteiger partial charge >= 0.3 is 0 Å². The van der Waals surface area contributed by atoms with Crippen LogP contribution in [0.3, 0.4) is 0 Å². The Balaban J connectivity index is 2.44. The molecular weight excluding hydrogens is 376 g/mol. The third-order valence-electron chi connectivity index (χ3n) is 4.58. The number of fused-ring (bicyclic) bond motifs is 1. The highest BCUT2D eigenvalue weighted by atomic mass is 35.5. The quantitative estimate of drug-likeness (QED) is 0.609. The summed E-state index contributed by atoms with van der Waals surface area (Å²) >= 11 is 6.13. The van der Waals surface area contributed by atoms with Crippen LogP contribution >= 0.6 is 11.6 Å². The molecule has 0 amide bonds. The van der Waals surface area contributed by atoms with Gasteiger partial charge in [-0.25, -0.2) is 13.3 Å². The minimum atomic E-state index is -1.03. The molecule has 0 radical (unpaired) electrons. The number of methoxy groups -OCH3 is 1. The molecule has 3 rings (SSSR count). The first-order valence-corrected chi connectivity index (χ1v) is 8.95. The molecule has 0 aliphatic carbocycles. The lowest BCUT2D eigenvalue weighted by atomic mass is 10.1. The Morgan fingerprint density at radius 2 is 1.96 bits per heavy atom. The zero-order valence-electron chi connectivity index (χ0n) is 15.7. The Bertz CT molecular complexity index is 1100. The normalized spacial score (nSPS) is 11.6. The van der Waals surface area contributed by atoms with Gasteiger partial charge in [-0.15, -0.1) is 5.10 Å². The highest BCUT2D eigenvalue weighted by Gasteiger charge is 2.24. The number of nitrogens with zero attached hydrogens (tertiary/aromatic N) is 3. The molecule has 0 aliphatic heterocycles. The Hall–Kier alpha value is -2.41. The summed E-state index contributed by atoms with van der Waals surface area (Å²) in [5.74, 6) is -2.31. The predicted molar refractivity (Wildman–Crippen MR) is 101 cm³/mol. The molecule has 8 heteroatoms. The van der Waals surface area contributed by atoms with Crippen molar-refractivity contribution in [2.24, 2.45) is 0 Å². The number of aryl methyl sites for hydroxylation is 1. The van der Waals surface area contributed by atoms with Gasteiger partial charge in [0.15, 0.2) is 23.2 Å². The van der Waals surface area contributed by atoms with Crippen LogP contribution < -0.4 is 10.3 Å². The van der Waals surface area contributed by atoms with E-state index in [0.29, 0.717) is 5.52 Å². The van der Waals surface area contributed by atoms with E-state index in [1.54, 1.807) is 6.92 Å². The van der Waals surface area contributed by atoms with Gasteiger partial charge in [0.05, 0.1) is 12.1 Å². The number of rotatable bonds is 4. The number of halogens is 3. The van der Waals surface area contributed by atoms with Crippen molar-refractivity contribution >= 4 is 17.1 Å². The zero-order valence-corrected chi connectivity index (χ0v) is 16.5. The van der Waals surface area contributed by atoms with E-state index in [2.05, 4.69) is 5.10 Å². The van der Waals surface area contributed by atoms with Crippen LogP contribution in [0.1, 0.15) is 37.9 Å². The van der Waals surface area contributed by atoms with Gasteiger partial charge in [0.1, 0.15) is 5.52 Å². The molecule has 0 unspecified atom stereocenters. The van der Waals surface area contributed by atoms with E-state index in [4.69, 9.17) is 16.3 Å². The first-order valence-electron chi connectivity index (χ1n) is 8.57. The molecular formula is C19H20ClF2N3O2. The summed E-state index contributed by atoms with van der Waals surface area (Å²) in [6.07, 6.45) is 0. The molecule has 27 heavy (non-hydrogen) atoms. The molecule has 5 nitrogen and oxygen atoms in total. The maximum Gasteiger partial charge on any atom is 0.278 e. The number of ether oxygens (including phenoxy) is 1. The minimum absolute atomic E-state index is 0.00693. The largest absolute Gasteiger partial charge is 0.491 e. The molecule has 2 heterocycles. The van der Waals surface area contributed by atoms with E-state index in [-0.39, 0.29) is 34.4 Å². The lowest BCUT2D eigenvalue weighted by Gasteiger charge is -2.15. The lowest BCUT2D eigenvalue weighted by Crippen LogP contribution is -2.26. The molecule has 0 spiro atoms. The number of hydrogen-bond donors (Lipinski definition) is 0. The molecule has 0 atom stereocenters. The van der Waals surface area contributed by atoms with Crippen molar-refractivity contribution in [1.82, 2.24) is 14.2 Å². The summed E-state index contributed by atoms with van der Waals surface area (Å²) in [4.78, 5) is 13.1. The van der Waals surface area contributed by atoms with Gasteiger partial charge in [0.2, 0.25) is 0 Å².